The third-order valence-electron chi connectivity index (χ3n) is 5.41. The van der Waals surface area contributed by atoms with Crippen LogP contribution in [0.5, 0.6) is 0 Å². The number of aliphatic hydroxyl groups excluding tert-OH is 2. The second kappa shape index (κ2) is 18.3. The average Bonchev–Trinajstić information content (AvgIpc) is 2.65. The standard InChI is InChI=1S/C12H22OSi.C9H14O.CH2O3.2K.H/c1-12(9-10-14(2,3)4)8-6-5-7-11(12)13;1-3-9(2)7-5-4-6-8(9)10;2-1-4-3;;;/h11,13H,5-8H2,1-4H3;1,8,10H,4-7H2,2H3;1,3H;;;/q;;;2*+1;-1/p-1/t11-,12-;8-,9+;;;;/m11..../s1. The molecule has 8 heteroatoms. The Kier molecular flexibility index (Phi) is 22.3. The minimum absolute atomic E-state index is 0. The van der Waals surface area contributed by atoms with Crippen LogP contribution in [-0.4, -0.2) is 37.0 Å². The molecule has 0 aromatic carbocycles. The summed E-state index contributed by atoms with van der Waals surface area (Å²) in [4.78, 5) is 11.2. The first-order chi connectivity index (χ1) is 12.9. The molecular formula is C22H38K2O5Si. The molecule has 5 nitrogen and oxygen atoms in total. The zero-order valence-electron chi connectivity index (χ0n) is 21.1. The number of carbonyl (C=O) groups is 1. The molecule has 0 radical (unpaired) electrons. The molecule has 0 amide bonds. The van der Waals surface area contributed by atoms with Crippen molar-refractivity contribution >= 4 is 14.5 Å². The summed E-state index contributed by atoms with van der Waals surface area (Å²) in [7, 11) is -1.29. The molecule has 4 atom stereocenters. The van der Waals surface area contributed by atoms with E-state index in [1.54, 1.807) is 0 Å². The maximum absolute atomic E-state index is 9.94. The van der Waals surface area contributed by atoms with Gasteiger partial charge < -0.3 is 21.8 Å². The summed E-state index contributed by atoms with van der Waals surface area (Å²) < 4.78 is 0. The molecule has 0 aliphatic heterocycles. The number of hydrogen-bond donors (Lipinski definition) is 2. The summed E-state index contributed by atoms with van der Waals surface area (Å²) in [6, 6.07) is 0. The van der Waals surface area contributed by atoms with Crippen molar-refractivity contribution in [3.63, 3.8) is 0 Å². The molecule has 0 spiro atoms. The van der Waals surface area contributed by atoms with Gasteiger partial charge in [0.15, 0.2) is 0 Å². The quantitative estimate of drug-likeness (QED) is 0.134. The van der Waals surface area contributed by atoms with Crippen LogP contribution in [0.1, 0.15) is 66.6 Å². The molecule has 162 valence electrons. The normalized spacial score (nSPS) is 29.8. The van der Waals surface area contributed by atoms with E-state index >= 15 is 0 Å². The van der Waals surface area contributed by atoms with Crippen molar-refractivity contribution in [1.82, 2.24) is 0 Å². The van der Waals surface area contributed by atoms with Crippen LogP contribution in [0.2, 0.25) is 19.6 Å². The minimum atomic E-state index is -1.29. The fourth-order valence-electron chi connectivity index (χ4n) is 3.27. The van der Waals surface area contributed by atoms with Crippen LogP contribution in [-0.2, 0) is 9.68 Å². The molecule has 0 heterocycles. The van der Waals surface area contributed by atoms with Gasteiger partial charge in [-0.2, -0.15) is 0 Å². The third kappa shape index (κ3) is 15.0. The van der Waals surface area contributed by atoms with Gasteiger partial charge in [-0.15, -0.1) is 17.9 Å². The van der Waals surface area contributed by atoms with E-state index in [9.17, 15) is 10.2 Å². The first-order valence-corrected chi connectivity index (χ1v) is 13.5. The third-order valence-corrected chi connectivity index (χ3v) is 6.29. The van der Waals surface area contributed by atoms with Crippen molar-refractivity contribution in [3.8, 4) is 23.8 Å². The Labute approximate surface area is 271 Å². The molecule has 0 aromatic rings. The number of carbonyl (C=O) groups excluding carboxylic acids is 1. The Balaban J connectivity index is -0.000000190. The maximum atomic E-state index is 9.94. The predicted octanol–water partition coefficient (Wildman–Crippen LogP) is -3.08. The maximum Gasteiger partial charge on any atom is 1.00 e. The van der Waals surface area contributed by atoms with Gasteiger partial charge >= 0.3 is 103 Å². The van der Waals surface area contributed by atoms with Crippen LogP contribution >= 0.6 is 0 Å². The van der Waals surface area contributed by atoms with E-state index in [-0.39, 0.29) is 134 Å². The fraction of sp³-hybridized carbons (Fsp3) is 0.773. The minimum Gasteiger partial charge on any atom is -1.00 e. The zero-order chi connectivity index (χ0) is 21.8. The first kappa shape index (κ1) is 36.5. The van der Waals surface area contributed by atoms with Gasteiger partial charge in [-0.1, -0.05) is 51.2 Å². The second-order valence-corrected chi connectivity index (χ2v) is 13.9. The van der Waals surface area contributed by atoms with E-state index in [4.69, 9.17) is 16.5 Å². The van der Waals surface area contributed by atoms with Crippen molar-refractivity contribution in [3.05, 3.63) is 0 Å². The van der Waals surface area contributed by atoms with Gasteiger partial charge in [0.05, 0.1) is 23.0 Å². The second-order valence-electron chi connectivity index (χ2n) is 9.19. The monoisotopic (exact) mass is 488 g/mol. The Morgan fingerprint density at radius 3 is 1.70 bits per heavy atom. The summed E-state index contributed by atoms with van der Waals surface area (Å²) in [5.41, 5.74) is 3.03. The van der Waals surface area contributed by atoms with E-state index in [0.717, 1.165) is 44.9 Å². The number of terminal acetylenes is 1. The van der Waals surface area contributed by atoms with Gasteiger partial charge in [0.2, 0.25) is 0 Å². The number of rotatable bonds is 1. The van der Waals surface area contributed by atoms with Crippen molar-refractivity contribution in [1.29, 1.82) is 0 Å². The zero-order valence-corrected chi connectivity index (χ0v) is 27.3. The van der Waals surface area contributed by atoms with Crippen LogP contribution in [0.3, 0.4) is 0 Å². The molecule has 2 aliphatic rings. The Morgan fingerprint density at radius 1 is 1.03 bits per heavy atom. The summed E-state index contributed by atoms with van der Waals surface area (Å²) in [6.45, 7) is 10.6. The van der Waals surface area contributed by atoms with Gasteiger partial charge in [0.1, 0.15) is 8.07 Å². The van der Waals surface area contributed by atoms with E-state index < -0.39 is 8.07 Å². The van der Waals surface area contributed by atoms with E-state index in [1.807, 2.05) is 6.92 Å². The summed E-state index contributed by atoms with van der Waals surface area (Å²) in [5.74, 6) is 6.03. The van der Waals surface area contributed by atoms with Gasteiger partial charge in [-0.3, -0.25) is 4.79 Å². The molecule has 2 fully saturated rings. The van der Waals surface area contributed by atoms with Gasteiger partial charge in [-0.25, -0.2) is 0 Å². The van der Waals surface area contributed by atoms with Crippen molar-refractivity contribution in [2.75, 3.05) is 0 Å². The molecule has 0 saturated heterocycles. The van der Waals surface area contributed by atoms with Crippen molar-refractivity contribution < 1.29 is 129 Å². The summed E-state index contributed by atoms with van der Waals surface area (Å²) >= 11 is 0. The molecule has 2 rings (SSSR count). The van der Waals surface area contributed by atoms with Crippen LogP contribution < -0.4 is 108 Å². The molecule has 30 heavy (non-hydrogen) atoms. The predicted molar refractivity (Wildman–Crippen MR) is 113 cm³/mol. The van der Waals surface area contributed by atoms with E-state index in [2.05, 4.69) is 48.8 Å². The van der Waals surface area contributed by atoms with Crippen LogP contribution in [0.4, 0.5) is 0 Å². The SMILES string of the molecule is C#C[C@@]1(C)CCCC[C@H]1O.C[C@]1(C#C[Si](C)(C)C)CCCC[C@H]1O.O=CO[O-].[H-].[K+].[K+]. The van der Waals surface area contributed by atoms with Crippen molar-refractivity contribution in [2.45, 2.75) is 97.1 Å². The topological polar surface area (TPSA) is 89.8 Å². The number of hydrogen-bond acceptors (Lipinski definition) is 5. The smallest absolute Gasteiger partial charge is 1.00 e. The van der Waals surface area contributed by atoms with Crippen molar-refractivity contribution in [2.24, 2.45) is 10.8 Å². The molecule has 0 bridgehead atoms. The fourth-order valence-corrected chi connectivity index (χ4v) is 3.94. The van der Waals surface area contributed by atoms with Crippen LogP contribution in [0, 0.1) is 34.6 Å². The van der Waals surface area contributed by atoms with Crippen LogP contribution in [0.15, 0.2) is 0 Å². The van der Waals surface area contributed by atoms with Gasteiger partial charge in [-0.05, 0) is 39.5 Å². The van der Waals surface area contributed by atoms with E-state index in [0.29, 0.717) is 0 Å². The molecule has 2 N–H and O–H groups in total. The van der Waals surface area contributed by atoms with Gasteiger partial charge in [0, 0.05) is 0 Å². The molecule has 0 unspecified atom stereocenters. The molecular weight excluding hydrogens is 451 g/mol. The molecule has 0 aromatic heterocycles. The summed E-state index contributed by atoms with van der Waals surface area (Å²) in [5, 5.41) is 27.9. The molecule has 2 saturated carbocycles. The van der Waals surface area contributed by atoms with Gasteiger partial charge in [0.25, 0.3) is 6.47 Å². The van der Waals surface area contributed by atoms with E-state index in [1.165, 1.54) is 6.42 Å². The Morgan fingerprint density at radius 2 is 1.43 bits per heavy atom. The first-order valence-electron chi connectivity index (χ1n) is 10.0. The number of aliphatic hydroxyl groups is 2. The molecule has 2 aliphatic carbocycles. The summed E-state index contributed by atoms with van der Waals surface area (Å²) in [6.07, 6.45) is 13.3. The largest absolute Gasteiger partial charge is 1.00 e. The van der Waals surface area contributed by atoms with Crippen LogP contribution in [0.25, 0.3) is 0 Å². The Bertz CT molecular complexity index is 585. The Hall–Kier alpha value is 1.96. The average molecular weight is 489 g/mol.